The van der Waals surface area contributed by atoms with E-state index in [1.165, 1.54) is 31.4 Å². The summed E-state index contributed by atoms with van der Waals surface area (Å²) >= 11 is 5.98. The Balaban J connectivity index is 2.26. The van der Waals surface area contributed by atoms with Gasteiger partial charge in [0.25, 0.3) is 11.6 Å². The molecule has 1 N–H and O–H groups in total. The number of para-hydroxylation sites is 1. The zero-order valence-corrected chi connectivity index (χ0v) is 14.0. The quantitative estimate of drug-likeness (QED) is 0.484. The predicted octanol–water partition coefficient (Wildman–Crippen LogP) is 2.76. The lowest BCUT2D eigenvalue weighted by Crippen LogP contribution is -2.43. The summed E-state index contributed by atoms with van der Waals surface area (Å²) in [6.45, 7) is 0. The molecule has 1 amide bonds. The van der Waals surface area contributed by atoms with E-state index in [1.807, 2.05) is 0 Å². The van der Waals surface area contributed by atoms with E-state index >= 15 is 0 Å². The van der Waals surface area contributed by atoms with Crippen LogP contribution in [-0.4, -0.2) is 30.0 Å². The number of nitrogens with one attached hydrogen (secondary N) is 1. The normalized spacial score (nSPS) is 11.4. The van der Waals surface area contributed by atoms with Crippen LogP contribution in [0.1, 0.15) is 15.9 Å². The van der Waals surface area contributed by atoms with Crippen LogP contribution in [0.2, 0.25) is 5.02 Å². The van der Waals surface area contributed by atoms with E-state index in [0.717, 1.165) is 0 Å². The molecule has 0 heterocycles. The van der Waals surface area contributed by atoms with E-state index in [4.69, 9.17) is 16.3 Å². The van der Waals surface area contributed by atoms with Crippen molar-refractivity contribution < 1.29 is 19.2 Å². The number of rotatable bonds is 6. The van der Waals surface area contributed by atoms with Gasteiger partial charge in [0, 0.05) is 18.1 Å². The van der Waals surface area contributed by atoms with Crippen LogP contribution in [0.25, 0.3) is 0 Å². The molecular weight excluding hydrogens is 348 g/mol. The molecule has 130 valence electrons. The summed E-state index contributed by atoms with van der Waals surface area (Å²) in [4.78, 5) is 35.0. The highest BCUT2D eigenvalue weighted by atomic mass is 35.5. The number of nitro groups is 1. The highest BCUT2D eigenvalue weighted by Gasteiger charge is 2.26. The van der Waals surface area contributed by atoms with E-state index in [9.17, 15) is 19.7 Å². The second-order valence-corrected chi connectivity index (χ2v) is 5.53. The Bertz CT molecular complexity index is 809. The Labute approximate surface area is 148 Å². The molecular formula is C17H15ClN2O5. The minimum absolute atomic E-state index is 0.0833. The molecule has 2 aromatic rings. The molecule has 0 aromatic heterocycles. The molecule has 0 spiro atoms. The summed E-state index contributed by atoms with van der Waals surface area (Å²) in [6, 6.07) is 11.3. The predicted molar refractivity (Wildman–Crippen MR) is 91.5 cm³/mol. The SMILES string of the molecule is COC(=O)[C@@H](Cc1ccccc1[N+](=O)[O-])NC(=O)c1ccccc1Cl. The maximum absolute atomic E-state index is 12.4. The number of esters is 1. The smallest absolute Gasteiger partial charge is 0.328 e. The van der Waals surface area contributed by atoms with Crippen molar-refractivity contribution in [1.82, 2.24) is 5.32 Å². The largest absolute Gasteiger partial charge is 0.467 e. The van der Waals surface area contributed by atoms with Crippen LogP contribution in [0.15, 0.2) is 48.5 Å². The fourth-order valence-corrected chi connectivity index (χ4v) is 2.52. The van der Waals surface area contributed by atoms with Crippen molar-refractivity contribution in [2.45, 2.75) is 12.5 Å². The molecule has 0 aliphatic heterocycles. The Hall–Kier alpha value is -2.93. The molecule has 2 rings (SSSR count). The Morgan fingerprint density at radius 2 is 1.84 bits per heavy atom. The summed E-state index contributed by atoms with van der Waals surface area (Å²) in [5, 5.41) is 13.9. The number of halogens is 1. The Morgan fingerprint density at radius 3 is 2.48 bits per heavy atom. The van der Waals surface area contributed by atoms with Crippen molar-refractivity contribution in [2.24, 2.45) is 0 Å². The number of carbonyl (C=O) groups is 2. The molecule has 1 atom stereocenters. The molecule has 0 aliphatic carbocycles. The first kappa shape index (κ1) is 18.4. The van der Waals surface area contributed by atoms with Crippen LogP contribution in [0.5, 0.6) is 0 Å². The molecule has 0 bridgehead atoms. The van der Waals surface area contributed by atoms with Crippen molar-refractivity contribution in [1.29, 1.82) is 0 Å². The van der Waals surface area contributed by atoms with Gasteiger partial charge in [0.1, 0.15) is 6.04 Å². The summed E-state index contributed by atoms with van der Waals surface area (Å²) in [6.07, 6.45) is -0.0833. The number of amides is 1. The maximum Gasteiger partial charge on any atom is 0.328 e. The van der Waals surface area contributed by atoms with Gasteiger partial charge in [-0.15, -0.1) is 0 Å². The monoisotopic (exact) mass is 362 g/mol. The zero-order valence-electron chi connectivity index (χ0n) is 13.3. The fourth-order valence-electron chi connectivity index (χ4n) is 2.30. The number of carbonyl (C=O) groups excluding carboxylic acids is 2. The molecule has 0 saturated carbocycles. The molecule has 25 heavy (non-hydrogen) atoms. The van der Waals surface area contributed by atoms with E-state index in [1.54, 1.807) is 24.3 Å². The average Bonchev–Trinajstić information content (AvgIpc) is 2.61. The van der Waals surface area contributed by atoms with Crippen molar-refractivity contribution in [2.75, 3.05) is 7.11 Å². The van der Waals surface area contributed by atoms with Gasteiger partial charge in [0.05, 0.1) is 22.6 Å². The first-order valence-electron chi connectivity index (χ1n) is 7.29. The average molecular weight is 363 g/mol. The lowest BCUT2D eigenvalue weighted by atomic mass is 10.0. The van der Waals surface area contributed by atoms with Gasteiger partial charge in [0.15, 0.2) is 0 Å². The number of methoxy groups -OCH3 is 1. The highest BCUT2D eigenvalue weighted by Crippen LogP contribution is 2.20. The summed E-state index contributed by atoms with van der Waals surface area (Å²) in [5.74, 6) is -1.28. The third-order valence-corrected chi connectivity index (χ3v) is 3.85. The molecule has 0 unspecified atom stereocenters. The second kappa shape index (κ2) is 8.25. The van der Waals surface area contributed by atoms with E-state index in [2.05, 4.69) is 5.32 Å². The molecule has 7 nitrogen and oxygen atoms in total. The molecule has 0 fully saturated rings. The van der Waals surface area contributed by atoms with Gasteiger partial charge < -0.3 is 10.1 Å². The van der Waals surface area contributed by atoms with Crippen molar-refractivity contribution in [3.63, 3.8) is 0 Å². The van der Waals surface area contributed by atoms with Crippen LogP contribution >= 0.6 is 11.6 Å². The fraction of sp³-hybridized carbons (Fsp3) is 0.176. The number of ether oxygens (including phenoxy) is 1. The van der Waals surface area contributed by atoms with Crippen LogP contribution in [-0.2, 0) is 16.0 Å². The third kappa shape index (κ3) is 4.54. The third-order valence-electron chi connectivity index (χ3n) is 3.52. The molecule has 0 radical (unpaired) electrons. The Kier molecular flexibility index (Phi) is 6.08. The lowest BCUT2D eigenvalue weighted by Gasteiger charge is -2.17. The summed E-state index contributed by atoms with van der Waals surface area (Å²) in [7, 11) is 1.18. The minimum Gasteiger partial charge on any atom is -0.467 e. The number of hydrogen-bond acceptors (Lipinski definition) is 5. The van der Waals surface area contributed by atoms with Gasteiger partial charge in [-0.25, -0.2) is 4.79 Å². The Morgan fingerprint density at radius 1 is 1.20 bits per heavy atom. The van der Waals surface area contributed by atoms with Gasteiger partial charge in [0.2, 0.25) is 0 Å². The van der Waals surface area contributed by atoms with Crippen molar-refractivity contribution >= 4 is 29.2 Å². The topological polar surface area (TPSA) is 98.5 Å². The van der Waals surface area contributed by atoms with E-state index in [-0.39, 0.29) is 22.7 Å². The van der Waals surface area contributed by atoms with E-state index < -0.39 is 22.8 Å². The van der Waals surface area contributed by atoms with Crippen LogP contribution in [0.3, 0.4) is 0 Å². The first-order valence-corrected chi connectivity index (χ1v) is 7.67. The van der Waals surface area contributed by atoms with Gasteiger partial charge in [-0.3, -0.25) is 14.9 Å². The molecule has 2 aromatic carbocycles. The maximum atomic E-state index is 12.4. The second-order valence-electron chi connectivity index (χ2n) is 5.12. The first-order chi connectivity index (χ1) is 11.9. The number of benzene rings is 2. The summed E-state index contributed by atoms with van der Waals surface area (Å²) < 4.78 is 4.70. The molecule has 0 saturated heterocycles. The number of nitrogens with zero attached hydrogens (tertiary/aromatic N) is 1. The minimum atomic E-state index is -1.09. The van der Waals surface area contributed by atoms with Crippen LogP contribution < -0.4 is 5.32 Å². The van der Waals surface area contributed by atoms with Crippen LogP contribution in [0, 0.1) is 10.1 Å². The van der Waals surface area contributed by atoms with Gasteiger partial charge in [-0.1, -0.05) is 41.9 Å². The molecule has 0 aliphatic rings. The van der Waals surface area contributed by atoms with Crippen LogP contribution in [0.4, 0.5) is 5.69 Å². The molecule has 8 heteroatoms. The van der Waals surface area contributed by atoms with Gasteiger partial charge in [-0.05, 0) is 12.1 Å². The summed E-state index contributed by atoms with van der Waals surface area (Å²) in [5.41, 5.74) is 0.367. The number of hydrogen-bond donors (Lipinski definition) is 1. The van der Waals surface area contributed by atoms with Crippen molar-refractivity contribution in [3.8, 4) is 0 Å². The highest BCUT2D eigenvalue weighted by molar-refractivity contribution is 6.33. The van der Waals surface area contributed by atoms with Gasteiger partial charge in [-0.2, -0.15) is 0 Å². The van der Waals surface area contributed by atoms with Gasteiger partial charge >= 0.3 is 5.97 Å². The number of nitro benzene ring substituents is 1. The standard InChI is InChI=1S/C17H15ClN2O5/c1-25-17(22)14(10-11-6-2-5-9-15(11)20(23)24)19-16(21)12-7-3-4-8-13(12)18/h2-9,14H,10H2,1H3,(H,19,21)/t14-/m1/s1. The lowest BCUT2D eigenvalue weighted by molar-refractivity contribution is -0.385. The van der Waals surface area contributed by atoms with E-state index in [0.29, 0.717) is 5.56 Å². The zero-order chi connectivity index (χ0) is 18.4. The van der Waals surface area contributed by atoms with Crippen molar-refractivity contribution in [3.05, 3.63) is 74.8 Å².